The third-order valence-electron chi connectivity index (χ3n) is 4.14. The minimum atomic E-state index is -0.141. The molecule has 1 amide bonds. The fourth-order valence-electron chi connectivity index (χ4n) is 2.91. The van der Waals surface area contributed by atoms with Crippen molar-refractivity contribution in [2.45, 2.75) is 12.5 Å². The van der Waals surface area contributed by atoms with Gasteiger partial charge >= 0.3 is 6.01 Å². The van der Waals surface area contributed by atoms with Crippen LogP contribution in [0.4, 0.5) is 0 Å². The maximum absolute atomic E-state index is 10.8. The molecule has 1 atom stereocenters. The normalized spacial score (nSPS) is 20.5. The zero-order chi connectivity index (χ0) is 16.5. The average molecular weight is 328 g/mol. The molecule has 2 aromatic rings. The van der Waals surface area contributed by atoms with E-state index in [4.69, 9.17) is 4.74 Å². The van der Waals surface area contributed by atoms with E-state index in [1.165, 1.54) is 0 Å². The second kappa shape index (κ2) is 5.93. The van der Waals surface area contributed by atoms with Gasteiger partial charge in [-0.2, -0.15) is 9.97 Å². The summed E-state index contributed by atoms with van der Waals surface area (Å²) < 4.78 is 5.67. The van der Waals surface area contributed by atoms with Crippen LogP contribution in [-0.2, 0) is 4.79 Å². The monoisotopic (exact) mass is 328 g/mol. The maximum Gasteiger partial charge on any atom is 0.325 e. The number of hydrogen-bond acceptors (Lipinski definition) is 8. The number of fused-ring (bicyclic) bond motifs is 1. The fourth-order valence-corrected chi connectivity index (χ4v) is 2.91. The van der Waals surface area contributed by atoms with Gasteiger partial charge in [-0.1, -0.05) is 0 Å². The Balaban J connectivity index is 1.50. The summed E-state index contributed by atoms with van der Waals surface area (Å²) in [4.78, 5) is 24.8. The van der Waals surface area contributed by atoms with Crippen LogP contribution in [0.5, 0.6) is 11.9 Å². The van der Waals surface area contributed by atoms with Crippen molar-refractivity contribution < 1.29 is 14.6 Å². The number of amides is 1. The topological polar surface area (TPSA) is 104 Å². The van der Waals surface area contributed by atoms with E-state index in [0.717, 1.165) is 19.4 Å². The lowest BCUT2D eigenvalue weighted by atomic mass is 10.2. The SMILES string of the molecule is O=CN1CCC(N2C=C(Oc3nc(O)c4ccncc4n3)CN2)C1. The van der Waals surface area contributed by atoms with Gasteiger partial charge in [-0.25, -0.2) is 5.43 Å². The van der Waals surface area contributed by atoms with Gasteiger partial charge in [0.15, 0.2) is 0 Å². The van der Waals surface area contributed by atoms with Crippen LogP contribution >= 0.6 is 0 Å². The van der Waals surface area contributed by atoms with Gasteiger partial charge in [0.05, 0.1) is 35.9 Å². The number of rotatable bonds is 4. The molecule has 2 aliphatic heterocycles. The highest BCUT2D eigenvalue weighted by molar-refractivity contribution is 5.82. The Morgan fingerprint density at radius 3 is 3.17 bits per heavy atom. The number of aromatic nitrogens is 3. The predicted octanol–water partition coefficient (Wildman–Crippen LogP) is 0.00150. The second-order valence-corrected chi connectivity index (χ2v) is 5.71. The molecule has 24 heavy (non-hydrogen) atoms. The van der Waals surface area contributed by atoms with Gasteiger partial charge in [0, 0.05) is 19.3 Å². The zero-order valence-corrected chi connectivity index (χ0v) is 12.8. The molecule has 2 N–H and O–H groups in total. The molecule has 1 fully saturated rings. The summed E-state index contributed by atoms with van der Waals surface area (Å²) in [6.45, 7) is 1.93. The van der Waals surface area contributed by atoms with Crippen LogP contribution in [0.3, 0.4) is 0 Å². The molecule has 1 unspecified atom stereocenters. The summed E-state index contributed by atoms with van der Waals surface area (Å²) >= 11 is 0. The first-order valence-electron chi connectivity index (χ1n) is 7.63. The number of likely N-dealkylation sites (tertiary alicyclic amines) is 1. The van der Waals surface area contributed by atoms with Crippen LogP contribution in [-0.4, -0.2) is 62.1 Å². The van der Waals surface area contributed by atoms with Gasteiger partial charge in [-0.15, -0.1) is 0 Å². The first-order valence-corrected chi connectivity index (χ1v) is 7.63. The van der Waals surface area contributed by atoms with Crippen LogP contribution in [0, 0.1) is 0 Å². The molecule has 0 saturated carbocycles. The Hall–Kier alpha value is -2.94. The number of aromatic hydroxyl groups is 1. The second-order valence-electron chi connectivity index (χ2n) is 5.71. The van der Waals surface area contributed by atoms with E-state index in [0.29, 0.717) is 29.8 Å². The first-order chi connectivity index (χ1) is 11.7. The van der Waals surface area contributed by atoms with Gasteiger partial charge in [-0.05, 0) is 12.5 Å². The van der Waals surface area contributed by atoms with Crippen molar-refractivity contribution in [1.82, 2.24) is 30.3 Å². The van der Waals surface area contributed by atoms with E-state index in [-0.39, 0.29) is 17.9 Å². The standard InChI is InChI=1S/C15H16N6O3/c22-9-20-4-2-10(7-20)21-8-11(5-17-21)24-15-18-13-6-16-3-1-12(13)14(23)19-15/h1,3,6,8-10,17H,2,4-5,7H2,(H,18,19,23). The molecule has 0 spiro atoms. The lowest BCUT2D eigenvalue weighted by Crippen LogP contribution is -2.40. The first kappa shape index (κ1) is 14.6. The molecule has 0 aliphatic carbocycles. The molecule has 124 valence electrons. The van der Waals surface area contributed by atoms with Gasteiger partial charge in [0.25, 0.3) is 0 Å². The molecule has 0 radical (unpaired) electrons. The third kappa shape index (κ3) is 2.69. The lowest BCUT2D eigenvalue weighted by Gasteiger charge is -2.22. The van der Waals surface area contributed by atoms with Crippen molar-refractivity contribution in [3.63, 3.8) is 0 Å². The Labute approximate surface area is 137 Å². The predicted molar refractivity (Wildman–Crippen MR) is 83.6 cm³/mol. The third-order valence-corrected chi connectivity index (χ3v) is 4.14. The molecular weight excluding hydrogens is 312 g/mol. The van der Waals surface area contributed by atoms with Gasteiger partial charge in [0.2, 0.25) is 12.3 Å². The van der Waals surface area contributed by atoms with E-state index in [2.05, 4.69) is 20.4 Å². The summed E-state index contributed by atoms with van der Waals surface area (Å²) in [5.41, 5.74) is 3.72. The Morgan fingerprint density at radius 2 is 2.33 bits per heavy atom. The van der Waals surface area contributed by atoms with E-state index < -0.39 is 0 Å². The highest BCUT2D eigenvalue weighted by atomic mass is 16.5. The van der Waals surface area contributed by atoms with E-state index in [1.54, 1.807) is 23.4 Å². The summed E-state index contributed by atoms with van der Waals surface area (Å²) in [5, 5.41) is 12.4. The molecule has 9 heteroatoms. The number of nitrogens with one attached hydrogen (secondary N) is 1. The molecule has 0 bridgehead atoms. The van der Waals surface area contributed by atoms with Crippen molar-refractivity contribution >= 4 is 17.3 Å². The van der Waals surface area contributed by atoms with Crippen molar-refractivity contribution in [1.29, 1.82) is 0 Å². The Kier molecular flexibility index (Phi) is 3.62. The van der Waals surface area contributed by atoms with E-state index in [1.807, 2.05) is 11.2 Å². The number of nitrogens with zero attached hydrogens (tertiary/aromatic N) is 5. The molecule has 4 heterocycles. The van der Waals surface area contributed by atoms with E-state index in [9.17, 15) is 9.90 Å². The number of ether oxygens (including phenoxy) is 1. The van der Waals surface area contributed by atoms with E-state index >= 15 is 0 Å². The van der Waals surface area contributed by atoms with Crippen LogP contribution in [0.25, 0.3) is 10.9 Å². The molecule has 9 nitrogen and oxygen atoms in total. The summed E-state index contributed by atoms with van der Waals surface area (Å²) in [5.74, 6) is 0.500. The molecule has 2 aromatic heterocycles. The largest absolute Gasteiger partial charge is 0.493 e. The average Bonchev–Trinajstić information content (AvgIpc) is 3.24. The van der Waals surface area contributed by atoms with Crippen molar-refractivity contribution in [3.05, 3.63) is 30.4 Å². The Bertz CT molecular complexity index is 811. The van der Waals surface area contributed by atoms with Gasteiger partial charge < -0.3 is 19.8 Å². The van der Waals surface area contributed by atoms with Gasteiger partial charge in [-0.3, -0.25) is 9.78 Å². The maximum atomic E-state index is 10.8. The van der Waals surface area contributed by atoms with Crippen LogP contribution < -0.4 is 10.2 Å². The summed E-state index contributed by atoms with van der Waals surface area (Å²) in [6, 6.07) is 1.93. The number of carbonyl (C=O) groups is 1. The smallest absolute Gasteiger partial charge is 0.325 e. The zero-order valence-electron chi connectivity index (χ0n) is 12.8. The molecular formula is C15H16N6O3. The van der Waals surface area contributed by atoms with Crippen LogP contribution in [0.1, 0.15) is 6.42 Å². The highest BCUT2D eigenvalue weighted by Crippen LogP contribution is 2.24. The molecule has 2 aliphatic rings. The number of hydrazine groups is 1. The van der Waals surface area contributed by atoms with Crippen molar-refractivity contribution in [2.75, 3.05) is 19.6 Å². The van der Waals surface area contributed by atoms with Crippen molar-refractivity contribution in [2.24, 2.45) is 0 Å². The minimum Gasteiger partial charge on any atom is -0.493 e. The summed E-state index contributed by atoms with van der Waals surface area (Å²) in [6.07, 6.45) is 6.72. The van der Waals surface area contributed by atoms with Crippen LogP contribution in [0.15, 0.2) is 30.4 Å². The highest BCUT2D eigenvalue weighted by Gasteiger charge is 2.28. The number of carbonyl (C=O) groups excluding carboxylic acids is 1. The molecule has 1 saturated heterocycles. The number of hydrogen-bond donors (Lipinski definition) is 2. The Morgan fingerprint density at radius 1 is 1.42 bits per heavy atom. The fraction of sp³-hybridized carbons (Fsp3) is 0.333. The minimum absolute atomic E-state index is 0.0730. The van der Waals surface area contributed by atoms with Crippen LogP contribution in [0.2, 0.25) is 0 Å². The molecule has 4 rings (SSSR count). The summed E-state index contributed by atoms with van der Waals surface area (Å²) in [7, 11) is 0. The van der Waals surface area contributed by atoms with Crippen molar-refractivity contribution in [3.8, 4) is 11.9 Å². The van der Waals surface area contributed by atoms with Gasteiger partial charge in [0.1, 0.15) is 5.76 Å². The molecule has 0 aromatic carbocycles. The number of pyridine rings is 1. The quantitative estimate of drug-likeness (QED) is 0.756. The lowest BCUT2D eigenvalue weighted by molar-refractivity contribution is -0.117.